The number of aryl methyl sites for hydroxylation is 1. The van der Waals surface area contributed by atoms with Crippen molar-refractivity contribution in [2.24, 2.45) is 11.8 Å². The van der Waals surface area contributed by atoms with Gasteiger partial charge in [0.25, 0.3) is 0 Å². The first-order valence-corrected chi connectivity index (χ1v) is 8.03. The average molecular weight is 289 g/mol. The van der Waals surface area contributed by atoms with Crippen LogP contribution in [0.2, 0.25) is 0 Å². The zero-order valence-electron chi connectivity index (χ0n) is 14.7. The fraction of sp³-hybridized carbons (Fsp3) is 0.632. The minimum Gasteiger partial charge on any atom is -0.326 e. The second-order valence-electron chi connectivity index (χ2n) is 7.68. The molecule has 0 saturated heterocycles. The minimum absolute atomic E-state index is 0.0562. The molecule has 0 bridgehead atoms. The van der Waals surface area contributed by atoms with Crippen LogP contribution in [0, 0.1) is 18.8 Å². The maximum Gasteiger partial charge on any atom is 0.224 e. The van der Waals surface area contributed by atoms with E-state index in [1.54, 1.807) is 0 Å². The SMILES string of the molecule is Cc1ccc(NC(=O)CC(C)C)c(C(C)(C)CC(C)C)c1. The van der Waals surface area contributed by atoms with Crippen molar-refractivity contribution in [3.8, 4) is 0 Å². The molecular weight excluding hydrogens is 258 g/mol. The molecule has 1 N–H and O–H groups in total. The number of rotatable bonds is 6. The summed E-state index contributed by atoms with van der Waals surface area (Å²) in [5, 5.41) is 3.11. The molecule has 0 heterocycles. The Morgan fingerprint density at radius 1 is 1.14 bits per heavy atom. The topological polar surface area (TPSA) is 29.1 Å². The molecular formula is C19H31NO. The van der Waals surface area contributed by atoms with Crippen LogP contribution in [0.15, 0.2) is 18.2 Å². The highest BCUT2D eigenvalue weighted by molar-refractivity contribution is 5.91. The van der Waals surface area contributed by atoms with E-state index < -0.39 is 0 Å². The Balaban J connectivity index is 3.07. The molecule has 0 atom stereocenters. The van der Waals surface area contributed by atoms with Crippen molar-refractivity contribution in [2.75, 3.05) is 5.32 Å². The lowest BCUT2D eigenvalue weighted by Gasteiger charge is -2.30. The molecule has 0 aliphatic carbocycles. The zero-order chi connectivity index (χ0) is 16.2. The van der Waals surface area contributed by atoms with Gasteiger partial charge in [-0.15, -0.1) is 0 Å². The smallest absolute Gasteiger partial charge is 0.224 e. The summed E-state index contributed by atoms with van der Waals surface area (Å²) in [6, 6.07) is 6.33. The van der Waals surface area contributed by atoms with E-state index in [-0.39, 0.29) is 11.3 Å². The molecule has 21 heavy (non-hydrogen) atoms. The lowest BCUT2D eigenvalue weighted by atomic mass is 9.76. The third kappa shape index (κ3) is 5.53. The molecule has 0 aliphatic rings. The van der Waals surface area contributed by atoms with E-state index in [1.807, 2.05) is 6.07 Å². The van der Waals surface area contributed by atoms with Crippen molar-refractivity contribution in [1.82, 2.24) is 0 Å². The second-order valence-corrected chi connectivity index (χ2v) is 7.68. The van der Waals surface area contributed by atoms with E-state index in [0.29, 0.717) is 18.3 Å². The van der Waals surface area contributed by atoms with Crippen molar-refractivity contribution in [3.63, 3.8) is 0 Å². The van der Waals surface area contributed by atoms with Crippen molar-refractivity contribution in [2.45, 2.75) is 66.7 Å². The number of benzene rings is 1. The van der Waals surface area contributed by atoms with Crippen molar-refractivity contribution in [3.05, 3.63) is 29.3 Å². The van der Waals surface area contributed by atoms with E-state index in [4.69, 9.17) is 0 Å². The fourth-order valence-corrected chi connectivity index (χ4v) is 3.03. The van der Waals surface area contributed by atoms with Gasteiger partial charge in [-0.2, -0.15) is 0 Å². The van der Waals surface area contributed by atoms with Crippen LogP contribution in [0.25, 0.3) is 0 Å². The number of hydrogen-bond donors (Lipinski definition) is 1. The van der Waals surface area contributed by atoms with Crippen LogP contribution in [-0.4, -0.2) is 5.91 Å². The summed E-state index contributed by atoms with van der Waals surface area (Å²) in [5.41, 5.74) is 3.51. The van der Waals surface area contributed by atoms with Gasteiger partial charge in [-0.3, -0.25) is 4.79 Å². The van der Waals surface area contributed by atoms with E-state index in [2.05, 4.69) is 65.9 Å². The number of hydrogen-bond acceptors (Lipinski definition) is 1. The van der Waals surface area contributed by atoms with Gasteiger partial charge in [-0.1, -0.05) is 59.2 Å². The number of nitrogens with one attached hydrogen (secondary N) is 1. The van der Waals surface area contributed by atoms with Crippen LogP contribution in [0.1, 0.15) is 65.5 Å². The summed E-state index contributed by atoms with van der Waals surface area (Å²) < 4.78 is 0. The van der Waals surface area contributed by atoms with E-state index in [9.17, 15) is 4.79 Å². The monoisotopic (exact) mass is 289 g/mol. The molecule has 118 valence electrons. The fourth-order valence-electron chi connectivity index (χ4n) is 3.03. The van der Waals surface area contributed by atoms with Gasteiger partial charge in [0.05, 0.1) is 0 Å². The molecule has 0 aromatic heterocycles. The van der Waals surface area contributed by atoms with Gasteiger partial charge in [0.15, 0.2) is 0 Å². The van der Waals surface area contributed by atoms with E-state index in [1.165, 1.54) is 11.1 Å². The third-order valence-corrected chi connectivity index (χ3v) is 3.69. The van der Waals surface area contributed by atoms with Gasteiger partial charge in [0.2, 0.25) is 5.91 Å². The van der Waals surface area contributed by atoms with Crippen molar-refractivity contribution >= 4 is 11.6 Å². The first-order valence-electron chi connectivity index (χ1n) is 8.03. The molecule has 0 spiro atoms. The van der Waals surface area contributed by atoms with Crippen LogP contribution in [0.4, 0.5) is 5.69 Å². The first kappa shape index (κ1) is 17.7. The quantitative estimate of drug-likeness (QED) is 0.756. The van der Waals surface area contributed by atoms with Crippen LogP contribution in [0.3, 0.4) is 0 Å². The highest BCUT2D eigenvalue weighted by atomic mass is 16.1. The molecule has 2 heteroatoms. The first-order chi connectivity index (χ1) is 9.61. The molecule has 0 aliphatic heterocycles. The molecule has 2 nitrogen and oxygen atoms in total. The normalized spacial score (nSPS) is 12.0. The largest absolute Gasteiger partial charge is 0.326 e. The maximum atomic E-state index is 12.1. The Morgan fingerprint density at radius 2 is 1.76 bits per heavy atom. The van der Waals surface area contributed by atoms with Gasteiger partial charge in [-0.05, 0) is 42.2 Å². The molecule has 0 radical (unpaired) electrons. The Hall–Kier alpha value is -1.31. The van der Waals surface area contributed by atoms with E-state index in [0.717, 1.165) is 12.1 Å². The number of amides is 1. The van der Waals surface area contributed by atoms with Crippen LogP contribution in [-0.2, 0) is 10.2 Å². The van der Waals surface area contributed by atoms with Crippen LogP contribution < -0.4 is 5.32 Å². The van der Waals surface area contributed by atoms with Gasteiger partial charge in [-0.25, -0.2) is 0 Å². The third-order valence-electron chi connectivity index (χ3n) is 3.69. The molecule has 1 aromatic carbocycles. The summed E-state index contributed by atoms with van der Waals surface area (Å²) in [7, 11) is 0. The summed E-state index contributed by atoms with van der Waals surface area (Å²) in [5.74, 6) is 1.11. The van der Waals surface area contributed by atoms with Gasteiger partial charge < -0.3 is 5.32 Å². The molecule has 0 saturated carbocycles. The molecule has 1 aromatic rings. The van der Waals surface area contributed by atoms with Gasteiger partial charge in [0, 0.05) is 12.1 Å². The Morgan fingerprint density at radius 3 is 2.29 bits per heavy atom. The summed E-state index contributed by atoms with van der Waals surface area (Å²) in [6.07, 6.45) is 1.67. The van der Waals surface area contributed by atoms with Crippen molar-refractivity contribution in [1.29, 1.82) is 0 Å². The molecule has 0 unspecified atom stereocenters. The lowest BCUT2D eigenvalue weighted by molar-refractivity contribution is -0.116. The summed E-state index contributed by atoms with van der Waals surface area (Å²) >= 11 is 0. The Kier molecular flexibility index (Phi) is 6.00. The van der Waals surface area contributed by atoms with E-state index >= 15 is 0 Å². The zero-order valence-corrected chi connectivity index (χ0v) is 14.7. The predicted octanol–water partition coefficient (Wildman–Crippen LogP) is 5.30. The Labute approximate surface area is 130 Å². The second kappa shape index (κ2) is 7.11. The van der Waals surface area contributed by atoms with Crippen LogP contribution in [0.5, 0.6) is 0 Å². The summed E-state index contributed by atoms with van der Waals surface area (Å²) in [6.45, 7) is 15.3. The standard InChI is InChI=1S/C19H31NO/c1-13(2)10-18(21)20-17-9-8-15(5)11-16(17)19(6,7)12-14(3)4/h8-9,11,13-14H,10,12H2,1-7H3,(H,20,21). The predicted molar refractivity (Wildman–Crippen MR) is 91.7 cm³/mol. The minimum atomic E-state index is 0.0562. The van der Waals surface area contributed by atoms with Crippen LogP contribution >= 0.6 is 0 Å². The summed E-state index contributed by atoms with van der Waals surface area (Å²) in [4.78, 5) is 12.1. The number of anilines is 1. The maximum absolute atomic E-state index is 12.1. The number of carbonyl (C=O) groups is 1. The van der Waals surface area contributed by atoms with Gasteiger partial charge >= 0.3 is 0 Å². The lowest BCUT2D eigenvalue weighted by Crippen LogP contribution is -2.24. The number of carbonyl (C=O) groups excluding carboxylic acids is 1. The Bertz CT molecular complexity index is 486. The molecule has 0 fully saturated rings. The molecule has 1 amide bonds. The molecule has 1 rings (SSSR count). The highest BCUT2D eigenvalue weighted by Gasteiger charge is 2.25. The highest BCUT2D eigenvalue weighted by Crippen LogP contribution is 2.36. The van der Waals surface area contributed by atoms with Crippen molar-refractivity contribution < 1.29 is 4.79 Å². The van der Waals surface area contributed by atoms with Gasteiger partial charge in [0.1, 0.15) is 0 Å². The average Bonchev–Trinajstić information content (AvgIpc) is 2.28.